The van der Waals surface area contributed by atoms with Gasteiger partial charge in [-0.3, -0.25) is 4.99 Å². The molecule has 0 bridgehead atoms. The number of aliphatic hydroxyl groups excluding tert-OH is 1. The molecule has 3 N–H and O–H groups in total. The molecule has 1 fully saturated rings. The van der Waals surface area contributed by atoms with Gasteiger partial charge in [-0.25, -0.2) is 0 Å². The van der Waals surface area contributed by atoms with Crippen LogP contribution in [0.2, 0.25) is 0 Å². The summed E-state index contributed by atoms with van der Waals surface area (Å²) < 4.78 is 5.21. The summed E-state index contributed by atoms with van der Waals surface area (Å²) in [6, 6.07) is 8.28. The van der Waals surface area contributed by atoms with Crippen LogP contribution in [0.1, 0.15) is 51.0 Å². The standard InChI is InChI=1S/C20H33N3O2/c1-4-21-20(23-14-17-6-5-7-19(17)24)22-13-12-15(2)16-8-10-18(25-3)11-9-16/h8-11,15,17,19,24H,4-7,12-14H2,1-3H3,(H2,21,22,23). The Kier molecular flexibility index (Phi) is 8.06. The van der Waals surface area contributed by atoms with Gasteiger partial charge < -0.3 is 20.5 Å². The van der Waals surface area contributed by atoms with E-state index in [4.69, 9.17) is 4.74 Å². The van der Waals surface area contributed by atoms with Gasteiger partial charge in [-0.15, -0.1) is 0 Å². The van der Waals surface area contributed by atoms with Crippen LogP contribution in [-0.2, 0) is 0 Å². The van der Waals surface area contributed by atoms with Gasteiger partial charge in [-0.2, -0.15) is 0 Å². The molecule has 0 amide bonds. The van der Waals surface area contributed by atoms with Crippen molar-refractivity contribution in [2.24, 2.45) is 10.9 Å². The molecule has 0 saturated heterocycles. The topological polar surface area (TPSA) is 65.9 Å². The second kappa shape index (κ2) is 10.3. The summed E-state index contributed by atoms with van der Waals surface area (Å²) in [6.45, 7) is 6.72. The fraction of sp³-hybridized carbons (Fsp3) is 0.650. The lowest BCUT2D eigenvalue weighted by Gasteiger charge is -2.17. The van der Waals surface area contributed by atoms with Crippen LogP contribution in [0.5, 0.6) is 5.75 Å². The molecule has 5 heteroatoms. The zero-order chi connectivity index (χ0) is 18.1. The van der Waals surface area contributed by atoms with E-state index in [0.29, 0.717) is 18.4 Å². The first kappa shape index (κ1) is 19.6. The summed E-state index contributed by atoms with van der Waals surface area (Å²) in [7, 11) is 1.69. The van der Waals surface area contributed by atoms with E-state index in [1.807, 2.05) is 12.1 Å². The molecule has 0 aromatic heterocycles. The molecule has 5 nitrogen and oxygen atoms in total. The largest absolute Gasteiger partial charge is 0.497 e. The number of aliphatic imine (C=N–C) groups is 1. The summed E-state index contributed by atoms with van der Waals surface area (Å²) >= 11 is 0. The number of nitrogens with one attached hydrogen (secondary N) is 2. The molecule has 0 aliphatic heterocycles. The minimum Gasteiger partial charge on any atom is -0.497 e. The first-order valence-corrected chi connectivity index (χ1v) is 9.48. The lowest BCUT2D eigenvalue weighted by Crippen LogP contribution is -2.38. The Balaban J connectivity index is 1.79. The van der Waals surface area contributed by atoms with Gasteiger partial charge in [0, 0.05) is 25.6 Å². The van der Waals surface area contributed by atoms with Gasteiger partial charge in [0.15, 0.2) is 5.96 Å². The molecule has 1 aliphatic rings. The quantitative estimate of drug-likeness (QED) is 0.500. The number of hydrogen-bond donors (Lipinski definition) is 3. The highest BCUT2D eigenvalue weighted by Crippen LogP contribution is 2.25. The zero-order valence-corrected chi connectivity index (χ0v) is 15.8. The lowest BCUT2D eigenvalue weighted by molar-refractivity contribution is 0.136. The van der Waals surface area contributed by atoms with Crippen molar-refractivity contribution in [3.63, 3.8) is 0 Å². The fourth-order valence-electron chi connectivity index (χ4n) is 3.29. The third-order valence-electron chi connectivity index (χ3n) is 5.00. The Labute approximate surface area is 151 Å². The molecule has 0 radical (unpaired) electrons. The number of methoxy groups -OCH3 is 1. The van der Waals surface area contributed by atoms with Gasteiger partial charge in [0.05, 0.1) is 13.2 Å². The van der Waals surface area contributed by atoms with Crippen molar-refractivity contribution < 1.29 is 9.84 Å². The Morgan fingerprint density at radius 1 is 1.28 bits per heavy atom. The zero-order valence-electron chi connectivity index (χ0n) is 15.8. The molecule has 2 rings (SSSR count). The van der Waals surface area contributed by atoms with Crippen molar-refractivity contribution in [3.05, 3.63) is 29.8 Å². The number of nitrogens with zero attached hydrogens (tertiary/aromatic N) is 1. The Morgan fingerprint density at radius 2 is 2.04 bits per heavy atom. The predicted octanol–water partition coefficient (Wildman–Crippen LogP) is 2.90. The van der Waals surface area contributed by atoms with Crippen molar-refractivity contribution in [1.29, 1.82) is 0 Å². The Hall–Kier alpha value is -1.75. The summed E-state index contributed by atoms with van der Waals surface area (Å²) in [5, 5.41) is 16.6. The molecular formula is C20H33N3O2. The molecule has 3 unspecified atom stereocenters. The maximum Gasteiger partial charge on any atom is 0.191 e. The van der Waals surface area contributed by atoms with E-state index < -0.39 is 0 Å². The maximum atomic E-state index is 9.93. The molecule has 1 saturated carbocycles. The van der Waals surface area contributed by atoms with Gasteiger partial charge >= 0.3 is 0 Å². The molecular weight excluding hydrogens is 314 g/mol. The average Bonchev–Trinajstić information content (AvgIpc) is 3.04. The number of benzene rings is 1. The molecule has 3 atom stereocenters. The molecule has 1 aliphatic carbocycles. The van der Waals surface area contributed by atoms with Gasteiger partial charge in [0.1, 0.15) is 5.75 Å². The van der Waals surface area contributed by atoms with Crippen molar-refractivity contribution in [2.45, 2.75) is 51.6 Å². The first-order valence-electron chi connectivity index (χ1n) is 9.48. The number of rotatable bonds is 8. The van der Waals surface area contributed by atoms with Crippen LogP contribution in [0.15, 0.2) is 29.3 Å². The van der Waals surface area contributed by atoms with Gasteiger partial charge in [0.25, 0.3) is 0 Å². The molecule has 1 aromatic carbocycles. The van der Waals surface area contributed by atoms with E-state index in [2.05, 4.69) is 41.6 Å². The van der Waals surface area contributed by atoms with E-state index in [-0.39, 0.29) is 6.10 Å². The van der Waals surface area contributed by atoms with E-state index in [0.717, 1.165) is 50.5 Å². The molecule has 0 heterocycles. The van der Waals surface area contributed by atoms with E-state index in [1.54, 1.807) is 7.11 Å². The highest BCUT2D eigenvalue weighted by Gasteiger charge is 2.24. The number of guanidine groups is 1. The summed E-state index contributed by atoms with van der Waals surface area (Å²) in [5.41, 5.74) is 1.32. The van der Waals surface area contributed by atoms with E-state index >= 15 is 0 Å². The van der Waals surface area contributed by atoms with Gasteiger partial charge in [-0.1, -0.05) is 25.5 Å². The predicted molar refractivity (Wildman–Crippen MR) is 103 cm³/mol. The fourth-order valence-corrected chi connectivity index (χ4v) is 3.29. The Morgan fingerprint density at radius 3 is 2.64 bits per heavy atom. The SMILES string of the molecule is CCNC(=NCC1CCCC1O)NCCC(C)c1ccc(OC)cc1. The number of hydrogen-bond acceptors (Lipinski definition) is 3. The van der Waals surface area contributed by atoms with Crippen LogP contribution in [0.25, 0.3) is 0 Å². The summed E-state index contributed by atoms with van der Waals surface area (Å²) in [4.78, 5) is 4.66. The third kappa shape index (κ3) is 6.24. The average molecular weight is 348 g/mol. The summed E-state index contributed by atoms with van der Waals surface area (Å²) in [5.74, 6) is 2.53. The second-order valence-corrected chi connectivity index (χ2v) is 6.87. The van der Waals surface area contributed by atoms with Crippen LogP contribution in [0, 0.1) is 5.92 Å². The van der Waals surface area contributed by atoms with Crippen LogP contribution in [0.3, 0.4) is 0 Å². The summed E-state index contributed by atoms with van der Waals surface area (Å²) in [6.07, 6.45) is 3.97. The normalized spacial score (nSPS) is 21.8. The second-order valence-electron chi connectivity index (χ2n) is 6.87. The lowest BCUT2D eigenvalue weighted by atomic mass is 9.98. The Bertz CT molecular complexity index is 530. The minimum absolute atomic E-state index is 0.179. The minimum atomic E-state index is -0.179. The molecule has 0 spiro atoms. The third-order valence-corrected chi connectivity index (χ3v) is 5.00. The van der Waals surface area contributed by atoms with Crippen LogP contribution >= 0.6 is 0 Å². The van der Waals surface area contributed by atoms with E-state index in [1.165, 1.54) is 5.56 Å². The number of ether oxygens (including phenoxy) is 1. The van der Waals surface area contributed by atoms with Crippen LogP contribution < -0.4 is 15.4 Å². The van der Waals surface area contributed by atoms with Gasteiger partial charge in [-0.05, 0) is 49.8 Å². The molecule has 25 heavy (non-hydrogen) atoms. The van der Waals surface area contributed by atoms with Crippen molar-refractivity contribution in [3.8, 4) is 5.75 Å². The van der Waals surface area contributed by atoms with E-state index in [9.17, 15) is 5.11 Å². The first-order chi connectivity index (χ1) is 12.1. The highest BCUT2D eigenvalue weighted by atomic mass is 16.5. The molecule has 1 aromatic rings. The molecule has 140 valence electrons. The maximum absolute atomic E-state index is 9.93. The number of aliphatic hydroxyl groups is 1. The van der Waals surface area contributed by atoms with Crippen LogP contribution in [-0.4, -0.2) is 43.9 Å². The van der Waals surface area contributed by atoms with Crippen LogP contribution in [0.4, 0.5) is 0 Å². The highest BCUT2D eigenvalue weighted by molar-refractivity contribution is 5.79. The van der Waals surface area contributed by atoms with Gasteiger partial charge in [0.2, 0.25) is 0 Å². The smallest absolute Gasteiger partial charge is 0.191 e. The monoisotopic (exact) mass is 347 g/mol. The van der Waals surface area contributed by atoms with Crippen molar-refractivity contribution >= 4 is 5.96 Å². The van der Waals surface area contributed by atoms with Crippen molar-refractivity contribution in [2.75, 3.05) is 26.7 Å². The van der Waals surface area contributed by atoms with Crippen molar-refractivity contribution in [1.82, 2.24) is 10.6 Å².